The van der Waals surface area contributed by atoms with Crippen LogP contribution >= 0.6 is 0 Å². The molecule has 0 bridgehead atoms. The maximum atomic E-state index is 13.7. The van der Waals surface area contributed by atoms with E-state index >= 15 is 0 Å². The van der Waals surface area contributed by atoms with Crippen molar-refractivity contribution in [3.05, 3.63) is 65.2 Å². The lowest BCUT2D eigenvalue weighted by Gasteiger charge is -2.07. The zero-order valence-electron chi connectivity index (χ0n) is 11.5. The molecule has 0 spiro atoms. The van der Waals surface area contributed by atoms with Gasteiger partial charge in [-0.15, -0.1) is 0 Å². The second-order valence-electron chi connectivity index (χ2n) is 4.48. The number of rotatable bonds is 5. The topological polar surface area (TPSA) is 38.3 Å². The monoisotopic (exact) mass is 291 g/mol. The smallest absolute Gasteiger partial charge is 0.254 e. The lowest BCUT2D eigenvalue weighted by atomic mass is 10.1. The van der Waals surface area contributed by atoms with Crippen molar-refractivity contribution in [2.75, 3.05) is 13.7 Å². The molecular weight excluding hydrogens is 276 g/mol. The van der Waals surface area contributed by atoms with Gasteiger partial charge in [-0.25, -0.2) is 8.78 Å². The van der Waals surface area contributed by atoms with Crippen molar-refractivity contribution in [2.45, 2.75) is 6.42 Å². The molecule has 2 aromatic rings. The molecule has 1 N–H and O–H groups in total. The predicted octanol–water partition coefficient (Wildman–Crippen LogP) is 2.95. The van der Waals surface area contributed by atoms with Crippen molar-refractivity contribution in [2.24, 2.45) is 0 Å². The maximum absolute atomic E-state index is 13.7. The van der Waals surface area contributed by atoms with Crippen molar-refractivity contribution >= 4 is 5.91 Å². The second kappa shape index (κ2) is 6.83. The van der Waals surface area contributed by atoms with Gasteiger partial charge in [0.25, 0.3) is 5.91 Å². The van der Waals surface area contributed by atoms with E-state index in [1.165, 1.54) is 31.4 Å². The van der Waals surface area contributed by atoms with E-state index in [4.69, 9.17) is 4.74 Å². The molecule has 21 heavy (non-hydrogen) atoms. The lowest BCUT2D eigenvalue weighted by molar-refractivity contribution is 0.0950. The Bertz CT molecular complexity index is 644. The number of carbonyl (C=O) groups is 1. The number of methoxy groups -OCH3 is 1. The van der Waals surface area contributed by atoms with Crippen LogP contribution in [0.25, 0.3) is 0 Å². The van der Waals surface area contributed by atoms with Gasteiger partial charge in [-0.3, -0.25) is 4.79 Å². The molecule has 0 fully saturated rings. The van der Waals surface area contributed by atoms with Gasteiger partial charge in [-0.1, -0.05) is 12.1 Å². The number of carbonyl (C=O) groups excluding carboxylic acids is 1. The van der Waals surface area contributed by atoms with Crippen LogP contribution in [0.15, 0.2) is 42.5 Å². The van der Waals surface area contributed by atoms with Crippen LogP contribution in [0.1, 0.15) is 15.9 Å². The first-order chi connectivity index (χ1) is 10.1. The van der Waals surface area contributed by atoms with Gasteiger partial charge in [0.15, 0.2) is 0 Å². The molecule has 5 heteroatoms. The third-order valence-electron chi connectivity index (χ3n) is 3.01. The summed E-state index contributed by atoms with van der Waals surface area (Å²) in [7, 11) is 1.42. The molecule has 2 rings (SSSR count). The molecule has 0 atom stereocenters. The van der Waals surface area contributed by atoms with Gasteiger partial charge >= 0.3 is 0 Å². The normalized spacial score (nSPS) is 10.2. The van der Waals surface area contributed by atoms with Crippen LogP contribution in [0.4, 0.5) is 8.78 Å². The first-order valence-corrected chi connectivity index (χ1v) is 6.46. The van der Waals surface area contributed by atoms with E-state index in [-0.39, 0.29) is 11.4 Å². The van der Waals surface area contributed by atoms with Crippen LogP contribution in [0, 0.1) is 11.6 Å². The van der Waals surface area contributed by atoms with Gasteiger partial charge < -0.3 is 10.1 Å². The zero-order chi connectivity index (χ0) is 15.2. The van der Waals surface area contributed by atoms with Gasteiger partial charge in [0.2, 0.25) is 0 Å². The minimum atomic E-state index is -0.641. The summed E-state index contributed by atoms with van der Waals surface area (Å²) < 4.78 is 31.6. The number of benzene rings is 2. The predicted molar refractivity (Wildman–Crippen MR) is 75.4 cm³/mol. The number of halogens is 2. The Balaban J connectivity index is 1.93. The molecule has 110 valence electrons. The standard InChI is InChI=1S/C16H15F2NO2/c1-21-13-5-6-14(15(18)10-13)16(20)19-8-7-11-3-2-4-12(17)9-11/h2-6,9-10H,7-8H2,1H3,(H,19,20). The SMILES string of the molecule is COc1ccc(C(=O)NCCc2cccc(F)c2)c(F)c1. The highest BCUT2D eigenvalue weighted by molar-refractivity contribution is 5.94. The van der Waals surface area contributed by atoms with Crippen molar-refractivity contribution in [3.8, 4) is 5.75 Å². The highest BCUT2D eigenvalue weighted by atomic mass is 19.1. The van der Waals surface area contributed by atoms with E-state index in [1.54, 1.807) is 12.1 Å². The fraction of sp³-hybridized carbons (Fsp3) is 0.188. The molecule has 0 aliphatic carbocycles. The average molecular weight is 291 g/mol. The van der Waals surface area contributed by atoms with Gasteiger partial charge in [-0.05, 0) is 36.2 Å². The van der Waals surface area contributed by atoms with Gasteiger partial charge in [0.1, 0.15) is 17.4 Å². The van der Waals surface area contributed by atoms with Crippen LogP contribution in [-0.4, -0.2) is 19.6 Å². The van der Waals surface area contributed by atoms with Gasteiger partial charge in [0.05, 0.1) is 12.7 Å². The van der Waals surface area contributed by atoms with Crippen LogP contribution < -0.4 is 10.1 Å². The zero-order valence-corrected chi connectivity index (χ0v) is 11.5. The first-order valence-electron chi connectivity index (χ1n) is 6.46. The van der Waals surface area contributed by atoms with Crippen molar-refractivity contribution < 1.29 is 18.3 Å². The Labute approximate surface area is 121 Å². The summed E-state index contributed by atoms with van der Waals surface area (Å²) in [5.41, 5.74) is 0.723. The molecule has 3 nitrogen and oxygen atoms in total. The quantitative estimate of drug-likeness (QED) is 0.920. The van der Waals surface area contributed by atoms with Crippen molar-refractivity contribution in [3.63, 3.8) is 0 Å². The van der Waals surface area contributed by atoms with Crippen LogP contribution in [0.5, 0.6) is 5.75 Å². The summed E-state index contributed by atoms with van der Waals surface area (Å²) in [5, 5.41) is 2.60. The number of hydrogen-bond acceptors (Lipinski definition) is 2. The summed E-state index contributed by atoms with van der Waals surface area (Å²) in [4.78, 5) is 11.9. The molecular formula is C16H15F2NO2. The largest absolute Gasteiger partial charge is 0.497 e. The minimum Gasteiger partial charge on any atom is -0.497 e. The molecule has 0 unspecified atom stereocenters. The third kappa shape index (κ3) is 4.02. The Morgan fingerprint density at radius 3 is 2.67 bits per heavy atom. The van der Waals surface area contributed by atoms with E-state index in [1.807, 2.05) is 0 Å². The summed E-state index contributed by atoms with van der Waals surface area (Å²) in [6.07, 6.45) is 0.473. The van der Waals surface area contributed by atoms with E-state index in [2.05, 4.69) is 5.32 Å². The van der Waals surface area contributed by atoms with Crippen LogP contribution in [0.2, 0.25) is 0 Å². The molecule has 1 amide bonds. The molecule has 0 saturated carbocycles. The minimum absolute atomic E-state index is 0.0463. The number of ether oxygens (including phenoxy) is 1. The molecule has 0 radical (unpaired) electrons. The Morgan fingerprint density at radius 2 is 2.00 bits per heavy atom. The fourth-order valence-electron chi connectivity index (χ4n) is 1.92. The summed E-state index contributed by atoms with van der Waals surface area (Å²) >= 11 is 0. The molecule has 0 aliphatic rings. The van der Waals surface area contributed by atoms with Crippen molar-refractivity contribution in [1.29, 1.82) is 0 Å². The highest BCUT2D eigenvalue weighted by Gasteiger charge is 2.12. The van der Waals surface area contributed by atoms with E-state index in [0.29, 0.717) is 18.7 Å². The van der Waals surface area contributed by atoms with E-state index in [0.717, 1.165) is 11.6 Å². The lowest BCUT2D eigenvalue weighted by Crippen LogP contribution is -2.26. The molecule has 0 saturated heterocycles. The maximum Gasteiger partial charge on any atom is 0.254 e. The van der Waals surface area contributed by atoms with Crippen LogP contribution in [0.3, 0.4) is 0 Å². The molecule has 0 heterocycles. The Hall–Kier alpha value is -2.43. The summed E-state index contributed by atoms with van der Waals surface area (Å²) in [5.74, 6) is -1.12. The van der Waals surface area contributed by atoms with Gasteiger partial charge in [-0.2, -0.15) is 0 Å². The Morgan fingerprint density at radius 1 is 1.19 bits per heavy atom. The number of nitrogens with one attached hydrogen (secondary N) is 1. The van der Waals surface area contributed by atoms with Gasteiger partial charge in [0, 0.05) is 12.6 Å². The second-order valence-corrected chi connectivity index (χ2v) is 4.48. The fourth-order valence-corrected chi connectivity index (χ4v) is 1.92. The van der Waals surface area contributed by atoms with Crippen LogP contribution in [-0.2, 0) is 6.42 Å². The van der Waals surface area contributed by atoms with E-state index < -0.39 is 11.7 Å². The Kier molecular flexibility index (Phi) is 4.87. The number of amides is 1. The summed E-state index contributed by atoms with van der Waals surface area (Å²) in [6.45, 7) is 0.299. The first kappa shape index (κ1) is 15.0. The van der Waals surface area contributed by atoms with Crippen molar-refractivity contribution in [1.82, 2.24) is 5.32 Å². The highest BCUT2D eigenvalue weighted by Crippen LogP contribution is 2.16. The number of hydrogen-bond donors (Lipinski definition) is 1. The average Bonchev–Trinajstić information content (AvgIpc) is 2.47. The molecule has 0 aliphatic heterocycles. The molecule has 2 aromatic carbocycles. The third-order valence-corrected chi connectivity index (χ3v) is 3.01. The van der Waals surface area contributed by atoms with E-state index in [9.17, 15) is 13.6 Å². The summed E-state index contributed by atoms with van der Waals surface area (Å²) in [6, 6.07) is 10.2. The molecule has 0 aromatic heterocycles.